The van der Waals surface area contributed by atoms with Crippen LogP contribution in [-0.2, 0) is 11.4 Å². The zero-order chi connectivity index (χ0) is 15.4. The van der Waals surface area contributed by atoms with Gasteiger partial charge in [0.1, 0.15) is 22.9 Å². The second kappa shape index (κ2) is 6.54. The number of hydrogen-bond donors (Lipinski definition) is 0. The van der Waals surface area contributed by atoms with Crippen LogP contribution in [0.2, 0.25) is 5.02 Å². The van der Waals surface area contributed by atoms with Crippen molar-refractivity contribution in [1.29, 1.82) is 0 Å². The lowest BCUT2D eigenvalue weighted by molar-refractivity contribution is -0.0789. The molecule has 0 spiro atoms. The highest BCUT2D eigenvalue weighted by molar-refractivity contribution is 6.32. The van der Waals surface area contributed by atoms with Crippen molar-refractivity contribution in [2.75, 3.05) is 0 Å². The number of benzene rings is 2. The van der Waals surface area contributed by atoms with Crippen LogP contribution in [0.15, 0.2) is 36.4 Å². The van der Waals surface area contributed by atoms with Crippen molar-refractivity contribution in [3.63, 3.8) is 0 Å². The maximum atomic E-state index is 13.0. The Balaban J connectivity index is 2.43. The van der Waals surface area contributed by atoms with Gasteiger partial charge in [-0.15, -0.1) is 0 Å². The van der Waals surface area contributed by atoms with Gasteiger partial charge in [-0.25, -0.2) is 14.1 Å². The maximum absolute atomic E-state index is 13.0. The van der Waals surface area contributed by atoms with Crippen LogP contribution in [0.25, 0.3) is 0 Å². The SMILES string of the molecule is CCc1ccc(C(=O)OF)c(Oc2ccc(F)cc2Cl)c1. The van der Waals surface area contributed by atoms with Crippen molar-refractivity contribution in [2.45, 2.75) is 13.3 Å². The van der Waals surface area contributed by atoms with E-state index in [1.807, 2.05) is 6.92 Å². The minimum atomic E-state index is -1.18. The molecule has 3 nitrogen and oxygen atoms in total. The molecule has 0 saturated heterocycles. The Morgan fingerprint density at radius 2 is 1.95 bits per heavy atom. The third-order valence-electron chi connectivity index (χ3n) is 2.86. The first-order valence-corrected chi connectivity index (χ1v) is 6.51. The van der Waals surface area contributed by atoms with Gasteiger partial charge in [0.25, 0.3) is 0 Å². The third kappa shape index (κ3) is 3.49. The molecule has 0 amide bonds. The van der Waals surface area contributed by atoms with Crippen molar-refractivity contribution in [2.24, 2.45) is 0 Å². The largest absolute Gasteiger partial charge is 0.455 e. The van der Waals surface area contributed by atoms with Crippen molar-refractivity contribution >= 4 is 17.6 Å². The molecule has 0 aliphatic rings. The summed E-state index contributed by atoms with van der Waals surface area (Å²) in [6.45, 7) is 1.91. The number of rotatable bonds is 4. The summed E-state index contributed by atoms with van der Waals surface area (Å²) in [4.78, 5) is 14.6. The molecule has 0 atom stereocenters. The Morgan fingerprint density at radius 1 is 1.19 bits per heavy atom. The first-order chi connectivity index (χ1) is 10.0. The van der Waals surface area contributed by atoms with E-state index in [9.17, 15) is 13.7 Å². The molecule has 0 aromatic heterocycles. The summed E-state index contributed by atoms with van der Waals surface area (Å²) < 4.78 is 30.6. The van der Waals surface area contributed by atoms with E-state index in [1.54, 1.807) is 12.1 Å². The molecule has 0 aliphatic heterocycles. The molecule has 21 heavy (non-hydrogen) atoms. The Kier molecular flexibility index (Phi) is 4.75. The minimum Gasteiger partial charge on any atom is -0.455 e. The number of carbonyl (C=O) groups excluding carboxylic acids is 1. The molecule has 6 heteroatoms. The van der Waals surface area contributed by atoms with Crippen molar-refractivity contribution in [1.82, 2.24) is 0 Å². The molecular formula is C15H11ClF2O3. The van der Waals surface area contributed by atoms with Gasteiger partial charge in [-0.05, 0) is 42.3 Å². The van der Waals surface area contributed by atoms with Crippen LogP contribution >= 0.6 is 11.6 Å². The number of aryl methyl sites for hydroxylation is 1. The van der Waals surface area contributed by atoms with Gasteiger partial charge in [-0.2, -0.15) is 0 Å². The van der Waals surface area contributed by atoms with E-state index in [2.05, 4.69) is 4.94 Å². The lowest BCUT2D eigenvalue weighted by atomic mass is 10.1. The number of carbonyl (C=O) groups is 1. The summed E-state index contributed by atoms with van der Waals surface area (Å²) in [5.41, 5.74) is 0.786. The Hall–Kier alpha value is -2.14. The lowest BCUT2D eigenvalue weighted by Gasteiger charge is -2.11. The summed E-state index contributed by atoms with van der Waals surface area (Å²) in [7, 11) is 0. The molecule has 2 rings (SSSR count). The monoisotopic (exact) mass is 312 g/mol. The smallest absolute Gasteiger partial charge is 0.383 e. The van der Waals surface area contributed by atoms with Crippen molar-refractivity contribution < 1.29 is 23.4 Å². The molecule has 0 heterocycles. The molecule has 0 N–H and O–H groups in total. The van der Waals surface area contributed by atoms with Crippen LogP contribution in [0.5, 0.6) is 11.5 Å². The fourth-order valence-electron chi connectivity index (χ4n) is 1.76. The highest BCUT2D eigenvalue weighted by Crippen LogP contribution is 2.32. The van der Waals surface area contributed by atoms with Gasteiger partial charge in [-0.1, -0.05) is 24.6 Å². The first-order valence-electron chi connectivity index (χ1n) is 6.14. The van der Waals surface area contributed by atoms with E-state index >= 15 is 0 Å². The van der Waals surface area contributed by atoms with Crippen molar-refractivity contribution in [3.8, 4) is 11.5 Å². The van der Waals surface area contributed by atoms with Crippen LogP contribution in [0, 0.1) is 5.82 Å². The van der Waals surface area contributed by atoms with E-state index < -0.39 is 11.8 Å². The number of ether oxygens (including phenoxy) is 1. The van der Waals surface area contributed by atoms with E-state index in [-0.39, 0.29) is 22.1 Å². The van der Waals surface area contributed by atoms with E-state index in [0.717, 1.165) is 17.7 Å². The van der Waals surface area contributed by atoms with Gasteiger partial charge in [-0.3, -0.25) is 0 Å². The van der Waals surface area contributed by atoms with Gasteiger partial charge in [0.15, 0.2) is 0 Å². The zero-order valence-electron chi connectivity index (χ0n) is 11.0. The van der Waals surface area contributed by atoms with Gasteiger partial charge >= 0.3 is 5.97 Å². The Labute approximate surface area is 125 Å². The van der Waals surface area contributed by atoms with Crippen LogP contribution < -0.4 is 4.74 Å². The summed E-state index contributed by atoms with van der Waals surface area (Å²) >= 11 is 5.86. The minimum absolute atomic E-state index is 0.0384. The predicted octanol–water partition coefficient (Wildman–Crippen LogP) is 4.88. The lowest BCUT2D eigenvalue weighted by Crippen LogP contribution is -2.03. The first kappa shape index (κ1) is 15.3. The summed E-state index contributed by atoms with van der Waals surface area (Å²) in [5, 5.41) is 0.0384. The van der Waals surface area contributed by atoms with Crippen LogP contribution in [0.3, 0.4) is 0 Å². The van der Waals surface area contributed by atoms with Gasteiger partial charge in [0.05, 0.1) is 5.02 Å². The Morgan fingerprint density at radius 3 is 2.57 bits per heavy atom. The number of halogens is 3. The molecule has 0 aliphatic carbocycles. The predicted molar refractivity (Wildman–Crippen MR) is 73.8 cm³/mol. The Bertz CT molecular complexity index is 674. The molecule has 110 valence electrons. The quantitative estimate of drug-likeness (QED) is 0.807. The van der Waals surface area contributed by atoms with Crippen molar-refractivity contribution in [3.05, 3.63) is 58.4 Å². The van der Waals surface area contributed by atoms with Gasteiger partial charge in [0, 0.05) is 4.53 Å². The summed E-state index contributed by atoms with van der Waals surface area (Å²) in [5.74, 6) is -1.45. The highest BCUT2D eigenvalue weighted by Gasteiger charge is 2.17. The third-order valence-corrected chi connectivity index (χ3v) is 3.15. The standard InChI is InChI=1S/C15H11ClF2O3/c1-2-9-3-5-11(15(19)21-18)14(7-9)20-13-6-4-10(17)8-12(13)16/h3-8H,2H2,1H3. The fraction of sp³-hybridized carbons (Fsp3) is 0.133. The molecule has 0 saturated carbocycles. The topological polar surface area (TPSA) is 35.5 Å². The summed E-state index contributed by atoms with van der Waals surface area (Å²) in [6, 6.07) is 8.19. The molecule has 0 unspecified atom stereocenters. The van der Waals surface area contributed by atoms with Crippen LogP contribution in [0.4, 0.5) is 8.92 Å². The summed E-state index contributed by atoms with van der Waals surface area (Å²) in [6.07, 6.45) is 0.693. The average molecular weight is 313 g/mol. The maximum Gasteiger partial charge on any atom is 0.383 e. The van der Waals surface area contributed by atoms with Gasteiger partial charge < -0.3 is 4.74 Å². The normalized spacial score (nSPS) is 10.3. The number of hydrogen-bond acceptors (Lipinski definition) is 3. The molecule has 0 bridgehead atoms. The fourth-order valence-corrected chi connectivity index (χ4v) is 1.96. The molecule has 2 aromatic rings. The van der Waals surface area contributed by atoms with Crippen LogP contribution in [0.1, 0.15) is 22.8 Å². The highest BCUT2D eigenvalue weighted by atomic mass is 35.5. The van der Waals surface area contributed by atoms with E-state index in [4.69, 9.17) is 16.3 Å². The van der Waals surface area contributed by atoms with E-state index in [0.29, 0.717) is 6.42 Å². The molecule has 0 fully saturated rings. The molecule has 2 aromatic carbocycles. The van der Waals surface area contributed by atoms with Crippen LogP contribution in [-0.4, -0.2) is 5.97 Å². The second-order valence-corrected chi connectivity index (χ2v) is 4.63. The molecule has 0 radical (unpaired) electrons. The van der Waals surface area contributed by atoms with E-state index in [1.165, 1.54) is 12.1 Å². The molecular weight excluding hydrogens is 302 g/mol. The average Bonchev–Trinajstić information content (AvgIpc) is 2.49. The van der Waals surface area contributed by atoms with Gasteiger partial charge in [0.2, 0.25) is 0 Å². The second-order valence-electron chi connectivity index (χ2n) is 4.23. The zero-order valence-corrected chi connectivity index (χ0v) is 11.8.